The van der Waals surface area contributed by atoms with E-state index in [0.717, 1.165) is 133 Å². The molecule has 732 valence electrons. The first-order chi connectivity index (χ1) is 66.9. The van der Waals surface area contributed by atoms with Crippen LogP contribution >= 0.6 is 0 Å². The van der Waals surface area contributed by atoms with Gasteiger partial charge in [-0.2, -0.15) is 0 Å². The zero-order valence-corrected chi connectivity index (χ0v) is 80.8. The smallest absolute Gasteiger partial charge is 0.320 e. The van der Waals surface area contributed by atoms with E-state index in [1.54, 1.807) is 54.1 Å². The Hall–Kier alpha value is -13.6. The third kappa shape index (κ3) is 28.3. The van der Waals surface area contributed by atoms with Crippen LogP contribution in [-0.2, 0) is 71.6 Å². The van der Waals surface area contributed by atoms with Gasteiger partial charge in [-0.05, 0) is 223 Å². The summed E-state index contributed by atoms with van der Waals surface area (Å²) in [7, 11) is 6.65. The number of hydrogen-bond donors (Lipinski definition) is 12. The van der Waals surface area contributed by atoms with Crippen molar-refractivity contribution in [1.29, 1.82) is 0 Å². The highest BCUT2D eigenvalue weighted by Gasteiger charge is 2.37. The molecule has 0 aliphatic carbocycles. The number of nitrogens with one attached hydrogen (secondary N) is 12. The van der Waals surface area contributed by atoms with Crippen LogP contribution in [0.5, 0.6) is 23.5 Å². The number of benzene rings is 8. The van der Waals surface area contributed by atoms with E-state index in [4.69, 9.17) is 37.9 Å². The van der Waals surface area contributed by atoms with E-state index < -0.39 is 11.3 Å². The molecule has 12 aromatic rings. The molecule has 0 bridgehead atoms. The zero-order valence-electron chi connectivity index (χ0n) is 80.8. The Bertz CT molecular complexity index is 5980. The standard InChI is InChI=1S/C27H34FN5O3.C26H32FN5O3.C26H33N5O3.C25H31N5O3/c1-19-9-10-21(17-35-3)15-22(19)16-30-26(34)31-24-20(2)25(32-33(24)23-7-5-4-6-8-23)36-18-27(28)11-13-29-14-12-27;1-18-9-10-20(15-34-3)13-21(18)14-29-25(33)30-23-19(2)24(35-17-26(27)11-12-28-16-26)31-32(23)22-7-5-4-6-8-22;1-18-9-10-20(16-33-3)13-22(18)15-28-26(32)29-24-19(2)25(34-17-21-11-12-27-14-21)30-31(24)23-7-5-4-6-8-23;1-17-9-10-19(15-32-3)11-21(17)14-27-25(31)28-23-18(2)24(33-16-20-12-26-13-20)29-30(23)22-7-5-4-6-8-22/h4-10,15,29H,11-14,16-18H2,1-3H3,(H2,30,31,34);4-10,13,28H,11-12,14-17H2,1-3H3,(H2,29,30,33);4-10,13,21,27H,11-12,14-17H2,1-3H3,(H2,28,29,32);4-11,20,26H,12-16H2,1-3H3,(H2,27,28,31). The lowest BCUT2D eigenvalue weighted by Gasteiger charge is -2.29. The molecule has 32 nitrogen and oxygen atoms in total. The second-order valence-electron chi connectivity index (χ2n) is 35.2. The number of aryl methyl sites for hydroxylation is 4. The van der Waals surface area contributed by atoms with Crippen LogP contribution in [0.1, 0.15) is 115 Å². The number of alkyl halides is 2. The highest BCUT2D eigenvalue weighted by Crippen LogP contribution is 2.36. The van der Waals surface area contributed by atoms with Gasteiger partial charge < -0.3 is 80.4 Å². The molecule has 16 rings (SSSR count). The number of anilines is 4. The second-order valence-corrected chi connectivity index (χ2v) is 35.2. The molecule has 138 heavy (non-hydrogen) atoms. The number of para-hydroxylation sites is 4. The number of methoxy groups -OCH3 is 4. The van der Waals surface area contributed by atoms with E-state index in [2.05, 4.69) is 96.3 Å². The van der Waals surface area contributed by atoms with Gasteiger partial charge in [-0.1, -0.05) is 146 Å². The van der Waals surface area contributed by atoms with Crippen LogP contribution in [0.3, 0.4) is 0 Å². The van der Waals surface area contributed by atoms with E-state index in [1.807, 2.05) is 230 Å². The Morgan fingerprint density at radius 3 is 0.906 bits per heavy atom. The molecule has 34 heteroatoms. The highest BCUT2D eigenvalue weighted by molar-refractivity contribution is 5.92. The lowest BCUT2D eigenvalue weighted by molar-refractivity contribution is 0.0514. The van der Waals surface area contributed by atoms with Gasteiger partial charge in [-0.25, -0.2) is 46.7 Å². The third-order valence-electron chi connectivity index (χ3n) is 24.5. The molecule has 4 aromatic heterocycles. The summed E-state index contributed by atoms with van der Waals surface area (Å²) in [6.07, 6.45) is 2.27. The SMILES string of the molecule is COCc1ccc(C)c(CNC(=O)Nc2c(C)c(OCC3(F)CCNC3)nn2-c2ccccc2)c1.COCc1ccc(C)c(CNC(=O)Nc2c(C)c(OCC3(F)CCNCC3)nn2-c2ccccc2)c1.COCc1ccc(C)c(CNC(=O)Nc2c(C)c(OCC3CCNC3)nn2-c2ccccc2)c1.COCc1ccc(C)c(CNC(=O)Nc2c(C)c(OCC3CNC3)nn2-c2ccccc2)c1. The van der Waals surface area contributed by atoms with Crippen molar-refractivity contribution < 1.29 is 65.9 Å². The number of ether oxygens (including phenoxy) is 8. The summed E-state index contributed by atoms with van der Waals surface area (Å²) in [4.78, 5) is 51.5. The quantitative estimate of drug-likeness (QED) is 0.0173. The number of carbonyl (C=O) groups excluding carboxylic acids is 4. The van der Waals surface area contributed by atoms with E-state index in [9.17, 15) is 23.6 Å². The minimum absolute atomic E-state index is 0.0793. The first-order valence-corrected chi connectivity index (χ1v) is 46.7. The number of nitrogens with zero attached hydrogens (tertiary/aromatic N) is 8. The topological polar surface area (TPSA) is 358 Å². The molecule has 4 aliphatic rings. The minimum atomic E-state index is -1.43. The maximum atomic E-state index is 15.1. The Labute approximate surface area is 805 Å². The molecule has 0 saturated carbocycles. The van der Waals surface area contributed by atoms with Gasteiger partial charge in [0.15, 0.2) is 5.67 Å². The van der Waals surface area contributed by atoms with Crippen molar-refractivity contribution in [2.45, 2.75) is 145 Å². The fourth-order valence-corrected chi connectivity index (χ4v) is 16.0. The number of carbonyl (C=O) groups is 4. The number of aromatic nitrogens is 8. The summed E-state index contributed by atoms with van der Waals surface area (Å²) in [5, 5.41) is 54.8. The average Bonchev–Trinajstić information content (AvgIpc) is 1.66. The Balaban J connectivity index is 0.000000155. The monoisotopic (exact) mass is 1890 g/mol. The van der Waals surface area contributed by atoms with Crippen LogP contribution < -0.4 is 82.7 Å². The number of rotatable bonds is 36. The number of piperidine rings is 1. The van der Waals surface area contributed by atoms with Gasteiger partial charge in [0, 0.05) is 92.6 Å². The lowest BCUT2D eigenvalue weighted by Crippen LogP contribution is -2.45. The molecule has 4 aliphatic heterocycles. The molecule has 8 heterocycles. The third-order valence-corrected chi connectivity index (χ3v) is 24.5. The first kappa shape index (κ1) is 102. The zero-order chi connectivity index (χ0) is 97.5. The van der Waals surface area contributed by atoms with Gasteiger partial charge in [0.1, 0.15) is 42.2 Å². The molecule has 12 N–H and O–H groups in total. The van der Waals surface area contributed by atoms with E-state index in [-0.39, 0.29) is 49.8 Å². The van der Waals surface area contributed by atoms with Crippen molar-refractivity contribution in [2.24, 2.45) is 11.8 Å². The molecular formula is C104H130F2N20O12. The normalized spacial score (nSPS) is 15.3. The number of amides is 8. The maximum Gasteiger partial charge on any atom is 0.320 e. The molecular weight excluding hydrogens is 1760 g/mol. The van der Waals surface area contributed by atoms with Crippen LogP contribution in [0.15, 0.2) is 194 Å². The fourth-order valence-electron chi connectivity index (χ4n) is 16.0. The molecule has 4 saturated heterocycles. The summed E-state index contributed by atoms with van der Waals surface area (Å²) >= 11 is 0. The summed E-state index contributed by atoms with van der Waals surface area (Å²) in [5.74, 6) is 4.73. The number of halogens is 2. The van der Waals surface area contributed by atoms with Crippen LogP contribution in [-0.4, -0.2) is 182 Å². The number of hydrogen-bond acceptors (Lipinski definition) is 20. The van der Waals surface area contributed by atoms with Crippen LogP contribution in [0, 0.1) is 67.2 Å². The summed E-state index contributed by atoms with van der Waals surface area (Å²) in [5.41, 5.74) is 15.9. The van der Waals surface area contributed by atoms with Crippen molar-refractivity contribution in [1.82, 2.24) is 81.7 Å². The molecule has 8 aromatic carbocycles. The second kappa shape index (κ2) is 50.0. The van der Waals surface area contributed by atoms with E-state index in [0.29, 0.717) is 169 Å². The van der Waals surface area contributed by atoms with Crippen molar-refractivity contribution in [2.75, 3.05) is 128 Å². The van der Waals surface area contributed by atoms with Gasteiger partial charge in [-0.15, -0.1) is 20.4 Å². The van der Waals surface area contributed by atoms with Crippen molar-refractivity contribution in [3.8, 4) is 46.3 Å². The van der Waals surface area contributed by atoms with Crippen LogP contribution in [0.25, 0.3) is 22.7 Å². The molecule has 0 radical (unpaired) electrons. The summed E-state index contributed by atoms with van der Waals surface area (Å²) in [6, 6.07) is 61.3. The van der Waals surface area contributed by atoms with Crippen molar-refractivity contribution in [3.63, 3.8) is 0 Å². The molecule has 4 fully saturated rings. The van der Waals surface area contributed by atoms with Gasteiger partial charge in [0.05, 0.1) is 84.6 Å². The van der Waals surface area contributed by atoms with Gasteiger partial charge >= 0.3 is 24.1 Å². The molecule has 2 unspecified atom stereocenters. The molecule has 0 spiro atoms. The minimum Gasteiger partial charge on any atom is -0.476 e. The first-order valence-electron chi connectivity index (χ1n) is 46.7. The Kier molecular flexibility index (Phi) is 36.9. The summed E-state index contributed by atoms with van der Waals surface area (Å²) < 4.78 is 81.2. The van der Waals surface area contributed by atoms with Gasteiger partial charge in [0.2, 0.25) is 23.5 Å². The fraction of sp³-hybridized carbons (Fsp3) is 0.385. The van der Waals surface area contributed by atoms with Crippen molar-refractivity contribution >= 4 is 47.4 Å². The highest BCUT2D eigenvalue weighted by atomic mass is 19.1. The average molecular weight is 1890 g/mol. The van der Waals surface area contributed by atoms with Crippen molar-refractivity contribution in [3.05, 3.63) is 283 Å². The van der Waals surface area contributed by atoms with Crippen LogP contribution in [0.4, 0.5) is 51.2 Å². The van der Waals surface area contributed by atoms with E-state index >= 15 is 4.39 Å². The molecule has 8 amide bonds. The van der Waals surface area contributed by atoms with E-state index in [1.165, 1.54) is 0 Å². The lowest BCUT2D eigenvalue weighted by atomic mass is 9.96. The predicted molar refractivity (Wildman–Crippen MR) is 531 cm³/mol. The Morgan fingerprint density at radius 2 is 0.630 bits per heavy atom. The maximum absolute atomic E-state index is 15.1. The van der Waals surface area contributed by atoms with Gasteiger partial charge in [0.25, 0.3) is 0 Å². The number of urea groups is 4. The molecule has 2 atom stereocenters. The Morgan fingerprint density at radius 1 is 0.348 bits per heavy atom. The largest absolute Gasteiger partial charge is 0.476 e. The summed E-state index contributed by atoms with van der Waals surface area (Å²) in [6.45, 7) is 26.1. The predicted octanol–water partition coefficient (Wildman–Crippen LogP) is 16.0. The van der Waals surface area contributed by atoms with Crippen LogP contribution in [0.2, 0.25) is 0 Å². The van der Waals surface area contributed by atoms with Gasteiger partial charge in [-0.3, -0.25) is 21.3 Å².